The highest BCUT2D eigenvalue weighted by molar-refractivity contribution is 8.00. The molecule has 0 saturated carbocycles. The molecule has 11 heteroatoms. The second kappa shape index (κ2) is 19.8. The van der Waals surface area contributed by atoms with E-state index in [0.717, 1.165) is 12.8 Å². The molecular formula is C38H60O8S3. The van der Waals surface area contributed by atoms with Crippen LogP contribution in [0.15, 0.2) is 24.3 Å². The average Bonchev–Trinajstić information content (AvgIpc) is 3.01. The zero-order valence-corrected chi connectivity index (χ0v) is 33.6. The lowest BCUT2D eigenvalue weighted by Crippen LogP contribution is -2.39. The van der Waals surface area contributed by atoms with Gasteiger partial charge in [0, 0.05) is 35.2 Å². The molecule has 0 fully saturated rings. The van der Waals surface area contributed by atoms with Crippen molar-refractivity contribution in [3.63, 3.8) is 0 Å². The van der Waals surface area contributed by atoms with Gasteiger partial charge in [0.05, 0.1) is 22.7 Å². The van der Waals surface area contributed by atoms with Gasteiger partial charge in [0.2, 0.25) is 0 Å². The van der Waals surface area contributed by atoms with E-state index in [9.17, 15) is 24.0 Å². The van der Waals surface area contributed by atoms with Crippen LogP contribution < -0.4 is 0 Å². The van der Waals surface area contributed by atoms with Crippen molar-refractivity contribution in [2.24, 2.45) is 39.9 Å². The molecule has 6 atom stereocenters. The van der Waals surface area contributed by atoms with Crippen LogP contribution in [0, 0.1) is 39.9 Å². The van der Waals surface area contributed by atoms with Crippen LogP contribution in [-0.2, 0) is 38.2 Å². The van der Waals surface area contributed by atoms with Crippen LogP contribution in [0.25, 0.3) is 0 Å². The van der Waals surface area contributed by atoms with Crippen LogP contribution in [0.2, 0.25) is 0 Å². The quantitative estimate of drug-likeness (QED) is 0.0580. The highest BCUT2D eigenvalue weighted by atomic mass is 32.2. The third kappa shape index (κ3) is 13.7. The Morgan fingerprint density at radius 3 is 1.43 bits per heavy atom. The number of carbonyl (C=O) groups is 5. The monoisotopic (exact) mass is 740 g/mol. The maximum absolute atomic E-state index is 13.2. The Balaban J connectivity index is 1.89. The molecule has 0 aromatic rings. The van der Waals surface area contributed by atoms with E-state index in [4.69, 9.17) is 14.2 Å². The fourth-order valence-corrected chi connectivity index (χ4v) is 8.81. The van der Waals surface area contributed by atoms with Gasteiger partial charge < -0.3 is 14.2 Å². The number of ketones is 2. The Bertz CT molecular complexity index is 1130. The molecule has 0 aromatic heterocycles. The van der Waals surface area contributed by atoms with E-state index in [2.05, 4.69) is 78.5 Å². The standard InChI is InChI=1S/C38H60O8S3/c1-10-38(22-44-31(41)19-47,23-45-32(42)20-48-27(4)17-29(39)34-25(2)13-11-15-36(34,6)7)24-46-33(43)21-49-28(5)18-30(40)35-26(3)14-12-16-37(35,8)9/h11-14,25-28,34-35,47H,10,15-24H2,1-9H3. The van der Waals surface area contributed by atoms with E-state index < -0.39 is 23.3 Å². The lowest BCUT2D eigenvalue weighted by molar-refractivity contribution is -0.159. The first kappa shape index (κ1) is 43.4. The molecule has 2 aliphatic rings. The third-order valence-electron chi connectivity index (χ3n) is 10.0. The van der Waals surface area contributed by atoms with E-state index in [1.165, 1.54) is 23.5 Å². The normalized spacial score (nSPS) is 25.0. The van der Waals surface area contributed by atoms with E-state index in [-0.39, 0.29) is 93.6 Å². The van der Waals surface area contributed by atoms with Crippen molar-refractivity contribution in [3.8, 4) is 0 Å². The average molecular weight is 741 g/mol. The minimum atomic E-state index is -0.936. The van der Waals surface area contributed by atoms with Gasteiger partial charge in [-0.15, -0.1) is 23.5 Å². The van der Waals surface area contributed by atoms with Crippen LogP contribution in [0.4, 0.5) is 0 Å². The molecule has 0 bridgehead atoms. The molecular weight excluding hydrogens is 681 g/mol. The molecule has 6 unspecified atom stereocenters. The van der Waals surface area contributed by atoms with Crippen molar-refractivity contribution in [2.75, 3.05) is 37.1 Å². The van der Waals surface area contributed by atoms with Gasteiger partial charge in [0.1, 0.15) is 31.4 Å². The molecule has 2 rings (SSSR count). The second-order valence-electron chi connectivity index (χ2n) is 15.5. The first-order valence-electron chi connectivity index (χ1n) is 17.6. The summed E-state index contributed by atoms with van der Waals surface area (Å²) in [6, 6.07) is 0. The maximum atomic E-state index is 13.2. The Labute approximate surface area is 308 Å². The number of ether oxygens (including phenoxy) is 3. The SMILES string of the molecule is CCC(COC(=O)CS)(COC(=O)CSC(C)CC(=O)C1C(C)C=CCC1(C)C)COC(=O)CSC(C)CC(=O)C1C(C)C=CCC1(C)C. The van der Waals surface area contributed by atoms with Gasteiger partial charge in [-0.1, -0.05) is 86.6 Å². The molecule has 0 N–H and O–H groups in total. The fraction of sp³-hybridized carbons (Fsp3) is 0.763. The molecule has 0 aromatic carbocycles. The summed E-state index contributed by atoms with van der Waals surface area (Å²) in [7, 11) is 0. The zero-order chi connectivity index (χ0) is 37.0. The van der Waals surface area contributed by atoms with Crippen LogP contribution in [0.3, 0.4) is 0 Å². The topological polar surface area (TPSA) is 113 Å². The number of esters is 3. The van der Waals surface area contributed by atoms with Gasteiger partial charge in [-0.3, -0.25) is 24.0 Å². The van der Waals surface area contributed by atoms with E-state index in [1.54, 1.807) is 0 Å². The van der Waals surface area contributed by atoms with Gasteiger partial charge in [-0.05, 0) is 41.9 Å². The van der Waals surface area contributed by atoms with Crippen LogP contribution in [0.1, 0.15) is 94.4 Å². The Hall–Kier alpha value is -1.72. The minimum Gasteiger partial charge on any atom is -0.464 e. The van der Waals surface area contributed by atoms with Gasteiger partial charge in [0.25, 0.3) is 0 Å². The predicted molar refractivity (Wildman–Crippen MR) is 203 cm³/mol. The Kier molecular flexibility index (Phi) is 17.5. The first-order valence-corrected chi connectivity index (χ1v) is 20.3. The molecule has 0 heterocycles. The van der Waals surface area contributed by atoms with Gasteiger partial charge in [-0.25, -0.2) is 0 Å². The smallest absolute Gasteiger partial charge is 0.315 e. The maximum Gasteiger partial charge on any atom is 0.315 e. The Morgan fingerprint density at radius 2 is 1.10 bits per heavy atom. The number of carbonyl (C=O) groups excluding carboxylic acids is 5. The van der Waals surface area contributed by atoms with Crippen molar-refractivity contribution in [1.82, 2.24) is 0 Å². The largest absolute Gasteiger partial charge is 0.464 e. The molecule has 49 heavy (non-hydrogen) atoms. The molecule has 0 amide bonds. The lowest BCUT2D eigenvalue weighted by atomic mass is 9.65. The number of thioether (sulfide) groups is 2. The summed E-state index contributed by atoms with van der Waals surface area (Å²) >= 11 is 6.72. The van der Waals surface area contributed by atoms with Crippen LogP contribution in [-0.4, -0.2) is 77.1 Å². The van der Waals surface area contributed by atoms with Crippen molar-refractivity contribution in [1.29, 1.82) is 0 Å². The summed E-state index contributed by atoms with van der Waals surface area (Å²) < 4.78 is 16.7. The second-order valence-corrected chi connectivity index (χ2v) is 18.7. The van der Waals surface area contributed by atoms with E-state index in [0.29, 0.717) is 19.3 Å². The fourth-order valence-electron chi connectivity index (χ4n) is 7.15. The van der Waals surface area contributed by atoms with Crippen molar-refractivity contribution < 1.29 is 38.2 Å². The Morgan fingerprint density at radius 1 is 0.735 bits per heavy atom. The number of hydrogen-bond acceptors (Lipinski definition) is 11. The van der Waals surface area contributed by atoms with Crippen LogP contribution in [0.5, 0.6) is 0 Å². The zero-order valence-electron chi connectivity index (χ0n) is 31.1. The number of hydrogen-bond donors (Lipinski definition) is 1. The van der Waals surface area contributed by atoms with Gasteiger partial charge in [-0.2, -0.15) is 12.6 Å². The molecule has 0 spiro atoms. The molecule has 8 nitrogen and oxygen atoms in total. The third-order valence-corrected chi connectivity index (χ3v) is 12.6. The summed E-state index contributed by atoms with van der Waals surface area (Å²) in [5.74, 6) is -0.746. The summed E-state index contributed by atoms with van der Waals surface area (Å²) in [4.78, 5) is 64.0. The number of rotatable bonds is 20. The van der Waals surface area contributed by atoms with Crippen molar-refractivity contribution in [3.05, 3.63) is 24.3 Å². The number of allylic oxidation sites excluding steroid dienone is 4. The minimum absolute atomic E-state index is 0.0557. The van der Waals surface area contributed by atoms with Crippen LogP contribution >= 0.6 is 36.2 Å². The first-order chi connectivity index (χ1) is 22.9. The molecule has 0 radical (unpaired) electrons. The summed E-state index contributed by atoms with van der Waals surface area (Å²) in [6.07, 6.45) is 11.4. The van der Waals surface area contributed by atoms with Gasteiger partial charge >= 0.3 is 17.9 Å². The van der Waals surface area contributed by atoms with Crippen molar-refractivity contribution in [2.45, 2.75) is 105 Å². The molecule has 278 valence electrons. The van der Waals surface area contributed by atoms with Gasteiger partial charge in [0.15, 0.2) is 0 Å². The van der Waals surface area contributed by atoms with E-state index in [1.807, 2.05) is 20.8 Å². The molecule has 0 saturated heterocycles. The molecule has 2 aliphatic carbocycles. The van der Waals surface area contributed by atoms with Crippen molar-refractivity contribution >= 4 is 65.6 Å². The lowest BCUT2D eigenvalue weighted by Gasteiger charge is -2.39. The highest BCUT2D eigenvalue weighted by Gasteiger charge is 2.41. The summed E-state index contributed by atoms with van der Waals surface area (Å²) in [5, 5.41) is -0.126. The molecule has 0 aliphatic heterocycles. The highest BCUT2D eigenvalue weighted by Crippen LogP contribution is 2.43. The summed E-state index contributed by atoms with van der Waals surface area (Å²) in [6.45, 7) is 18.1. The predicted octanol–water partition coefficient (Wildman–Crippen LogP) is 7.58. The summed E-state index contributed by atoms with van der Waals surface area (Å²) in [5.41, 5.74) is -1.14. The van der Waals surface area contributed by atoms with E-state index >= 15 is 0 Å². The number of thiol groups is 1. The number of Topliss-reactive ketones (excluding diaryl/α,β-unsaturated/α-hetero) is 2.